The Kier molecular flexibility index (Phi) is 22.0. The van der Waals surface area contributed by atoms with Gasteiger partial charge in [0.05, 0.1) is 0 Å². The van der Waals surface area contributed by atoms with E-state index in [9.17, 15) is 0 Å². The van der Waals surface area contributed by atoms with Crippen LogP contribution in [-0.2, 0) is 27.2 Å². The number of carbonyl (C=O) groups excluding carboxylic acids is 1. The van der Waals surface area contributed by atoms with Crippen LogP contribution >= 0.6 is 0 Å². The van der Waals surface area contributed by atoms with E-state index >= 15 is 0 Å². The van der Waals surface area contributed by atoms with Crippen molar-refractivity contribution in [1.29, 1.82) is 0 Å². The van der Waals surface area contributed by atoms with Gasteiger partial charge in [0.15, 0.2) is 0 Å². The van der Waals surface area contributed by atoms with Crippen LogP contribution in [0.1, 0.15) is 6.92 Å². The number of rotatable bonds is 0. The molecule has 0 saturated carbocycles. The molecule has 0 aromatic heterocycles. The second-order valence-electron chi connectivity index (χ2n) is 0.204. The van der Waals surface area contributed by atoms with Crippen LogP contribution in [0, 0.1) is 0 Å². The minimum Gasteiger partial charge on any atom is -0.542 e. The molecule has 2 heteroatoms. The van der Waals surface area contributed by atoms with Crippen LogP contribution in [0.4, 0.5) is 0 Å². The fourth-order valence-electron chi connectivity index (χ4n) is 0. The molecule has 4 heavy (non-hydrogen) atoms. The van der Waals surface area contributed by atoms with Gasteiger partial charge >= 0.3 is 0 Å². The number of hydrogen-bond donors (Lipinski definition) is 0. The van der Waals surface area contributed by atoms with Crippen LogP contribution in [0.5, 0.6) is 0 Å². The van der Waals surface area contributed by atoms with E-state index in [-0.39, 0.29) is 22.4 Å². The molecule has 0 aromatic rings. The molecule has 0 aliphatic rings. The molecule has 0 amide bonds. The van der Waals surface area contributed by atoms with Gasteiger partial charge in [-0.05, 0) is 0 Å². The van der Waals surface area contributed by atoms with Gasteiger partial charge in [-0.25, -0.2) is 0 Å². The smallest absolute Gasteiger partial charge is 0 e. The predicted octanol–water partition coefficient (Wildman–Crippen LogP) is 0.113. The van der Waals surface area contributed by atoms with E-state index in [0.29, 0.717) is 0 Å². The first kappa shape index (κ1) is 8.83. The van der Waals surface area contributed by atoms with Crippen LogP contribution in [0.2, 0.25) is 0 Å². The van der Waals surface area contributed by atoms with E-state index in [2.05, 4.69) is 0 Å². The van der Waals surface area contributed by atoms with Crippen LogP contribution in [0.15, 0.2) is 0 Å². The third kappa shape index (κ3) is 28.5. The summed E-state index contributed by atoms with van der Waals surface area (Å²) in [6.07, 6.45) is 1.50. The molecular weight excluding hydrogens is 133 g/mol. The standard InChI is InChI=1S/C2H3O.Nb/c1-2-3;/h1H3;/q-1;. The normalized spacial score (nSPS) is 3.25. The van der Waals surface area contributed by atoms with Gasteiger partial charge < -0.3 is 4.79 Å². The Morgan fingerprint density at radius 2 is 1.75 bits per heavy atom. The maximum absolute atomic E-state index is 8.68. The maximum Gasteiger partial charge on any atom is 0 e. The van der Waals surface area contributed by atoms with Crippen LogP contribution in [0.25, 0.3) is 0 Å². The van der Waals surface area contributed by atoms with E-state index in [0.717, 1.165) is 0 Å². The van der Waals surface area contributed by atoms with Crippen LogP contribution < -0.4 is 0 Å². The summed E-state index contributed by atoms with van der Waals surface area (Å²) < 4.78 is 0. The summed E-state index contributed by atoms with van der Waals surface area (Å²) in [4.78, 5) is 8.68. The number of hydrogen-bond acceptors (Lipinski definition) is 1. The zero-order valence-electron chi connectivity index (χ0n) is 2.36. The molecule has 1 nitrogen and oxygen atoms in total. The molecule has 0 rings (SSSR count). The average molecular weight is 136 g/mol. The largest absolute Gasteiger partial charge is 0.542 e. The SMILES string of the molecule is C[C-]=O.[Nb]. The van der Waals surface area contributed by atoms with E-state index in [1.165, 1.54) is 13.2 Å². The summed E-state index contributed by atoms with van der Waals surface area (Å²) in [5.74, 6) is 0. The molecule has 0 saturated heterocycles. The summed E-state index contributed by atoms with van der Waals surface area (Å²) in [7, 11) is 0. The topological polar surface area (TPSA) is 17.1 Å². The van der Waals surface area contributed by atoms with Crippen molar-refractivity contribution >= 4 is 6.29 Å². The second-order valence-corrected chi connectivity index (χ2v) is 0.204. The zero-order valence-corrected chi connectivity index (χ0v) is 4.55. The fourth-order valence-corrected chi connectivity index (χ4v) is 0. The molecule has 0 bridgehead atoms. The van der Waals surface area contributed by atoms with Gasteiger partial charge in [0, 0.05) is 22.4 Å². The Morgan fingerprint density at radius 1 is 1.75 bits per heavy atom. The van der Waals surface area contributed by atoms with Crippen molar-refractivity contribution in [3.05, 3.63) is 0 Å². The van der Waals surface area contributed by atoms with Crippen molar-refractivity contribution < 1.29 is 27.2 Å². The van der Waals surface area contributed by atoms with Crippen molar-refractivity contribution in [3.63, 3.8) is 0 Å². The van der Waals surface area contributed by atoms with E-state index in [4.69, 9.17) is 4.79 Å². The van der Waals surface area contributed by atoms with Crippen molar-refractivity contribution in [1.82, 2.24) is 0 Å². The molecule has 0 heterocycles. The van der Waals surface area contributed by atoms with Gasteiger partial charge in [0.2, 0.25) is 0 Å². The third-order valence-corrected chi connectivity index (χ3v) is 0. The summed E-state index contributed by atoms with van der Waals surface area (Å²) >= 11 is 0. The van der Waals surface area contributed by atoms with Gasteiger partial charge in [-0.1, -0.05) is 0 Å². The predicted molar refractivity (Wildman–Crippen MR) is 11.4 cm³/mol. The van der Waals surface area contributed by atoms with Crippen LogP contribution in [-0.4, -0.2) is 6.29 Å². The molecular formula is C2H3NbO-. The monoisotopic (exact) mass is 136 g/mol. The minimum absolute atomic E-state index is 0. The van der Waals surface area contributed by atoms with Gasteiger partial charge in [-0.3, -0.25) is 6.29 Å². The van der Waals surface area contributed by atoms with Gasteiger partial charge in [-0.2, -0.15) is 6.92 Å². The Labute approximate surface area is 40.9 Å². The minimum atomic E-state index is 0. The van der Waals surface area contributed by atoms with Crippen molar-refractivity contribution in [2.24, 2.45) is 0 Å². The van der Waals surface area contributed by atoms with Crippen molar-refractivity contribution in [2.75, 3.05) is 0 Å². The Bertz CT molecular complexity index is 13.5. The average Bonchev–Trinajstić information content (AvgIpc) is 0.918. The summed E-state index contributed by atoms with van der Waals surface area (Å²) in [5.41, 5.74) is 0. The molecule has 0 aliphatic heterocycles. The van der Waals surface area contributed by atoms with E-state index in [1.54, 1.807) is 0 Å². The first-order valence-corrected chi connectivity index (χ1v) is 0.704. The molecule has 0 fully saturated rings. The van der Waals surface area contributed by atoms with Crippen molar-refractivity contribution in [3.8, 4) is 0 Å². The van der Waals surface area contributed by atoms with E-state index in [1.807, 2.05) is 0 Å². The summed E-state index contributed by atoms with van der Waals surface area (Å²) in [6, 6.07) is 0. The maximum atomic E-state index is 8.68. The molecule has 0 unspecified atom stereocenters. The molecule has 0 aromatic carbocycles. The van der Waals surface area contributed by atoms with Crippen LogP contribution in [0.3, 0.4) is 0 Å². The Hall–Kier alpha value is 0.410. The quantitative estimate of drug-likeness (QED) is 0.341. The first-order chi connectivity index (χ1) is 1.41. The summed E-state index contributed by atoms with van der Waals surface area (Å²) in [5, 5.41) is 0. The molecule has 1 radical (unpaired) electrons. The zero-order chi connectivity index (χ0) is 2.71. The third-order valence-electron chi connectivity index (χ3n) is 0. The second kappa shape index (κ2) is 9.96. The van der Waals surface area contributed by atoms with Crippen molar-refractivity contribution in [2.45, 2.75) is 6.92 Å². The molecule has 0 atom stereocenters. The van der Waals surface area contributed by atoms with Gasteiger partial charge in [0.1, 0.15) is 0 Å². The molecule has 0 aliphatic carbocycles. The Morgan fingerprint density at radius 3 is 1.75 bits per heavy atom. The van der Waals surface area contributed by atoms with Gasteiger partial charge in [0.25, 0.3) is 0 Å². The Balaban J connectivity index is 0. The first-order valence-electron chi connectivity index (χ1n) is 0.704. The molecule has 0 N–H and O–H groups in total. The fraction of sp³-hybridized carbons (Fsp3) is 0.500. The molecule has 0 spiro atoms. The molecule has 23 valence electrons. The van der Waals surface area contributed by atoms with E-state index < -0.39 is 0 Å². The van der Waals surface area contributed by atoms with Gasteiger partial charge in [-0.15, -0.1) is 0 Å². The summed E-state index contributed by atoms with van der Waals surface area (Å²) in [6.45, 7) is 1.32.